The average Bonchev–Trinajstić information content (AvgIpc) is 2.37. The van der Waals surface area contributed by atoms with Crippen molar-refractivity contribution in [1.29, 1.82) is 0 Å². The van der Waals surface area contributed by atoms with Gasteiger partial charge in [0.2, 0.25) is 0 Å². The van der Waals surface area contributed by atoms with E-state index in [4.69, 9.17) is 4.74 Å². The molecule has 0 saturated heterocycles. The van der Waals surface area contributed by atoms with Crippen LogP contribution >= 0.6 is 0 Å². The summed E-state index contributed by atoms with van der Waals surface area (Å²) in [5.41, 5.74) is 0.750. The number of fused-ring (bicyclic) bond motifs is 1. The molecule has 4 heteroatoms. The molecule has 0 bridgehead atoms. The molecule has 0 fully saturated rings. The third-order valence-corrected chi connectivity index (χ3v) is 3.10. The molecule has 1 aromatic carbocycles. The van der Waals surface area contributed by atoms with Crippen molar-refractivity contribution >= 4 is 5.97 Å². The van der Waals surface area contributed by atoms with Gasteiger partial charge in [-0.05, 0) is 24.1 Å². The number of ether oxygens (including phenoxy) is 1. The van der Waals surface area contributed by atoms with Gasteiger partial charge in [0.15, 0.2) is 0 Å². The zero-order valence-corrected chi connectivity index (χ0v) is 11.4. The van der Waals surface area contributed by atoms with E-state index in [1.54, 1.807) is 6.08 Å². The summed E-state index contributed by atoms with van der Waals surface area (Å²) >= 11 is 0. The van der Waals surface area contributed by atoms with Crippen LogP contribution in [0.4, 0.5) is 0 Å². The second kappa shape index (κ2) is 6.28. The van der Waals surface area contributed by atoms with Crippen LogP contribution in [0.15, 0.2) is 36.4 Å². The van der Waals surface area contributed by atoms with Crippen LogP contribution in [0.3, 0.4) is 0 Å². The summed E-state index contributed by atoms with van der Waals surface area (Å²) in [6.07, 6.45) is 9.80. The lowest BCUT2D eigenvalue weighted by Gasteiger charge is -2.23. The quantitative estimate of drug-likeness (QED) is 0.654. The van der Waals surface area contributed by atoms with Crippen LogP contribution in [0.25, 0.3) is 0 Å². The summed E-state index contributed by atoms with van der Waals surface area (Å²) in [7, 11) is 0. The van der Waals surface area contributed by atoms with Crippen LogP contribution in [0.5, 0.6) is 11.5 Å². The average molecular weight is 274 g/mol. The Morgan fingerprint density at radius 1 is 1.35 bits per heavy atom. The number of phenolic OH excluding ortho intramolecular Hbond substituents is 2. The molecular formula is C16H18O4. The highest BCUT2D eigenvalue weighted by molar-refractivity contribution is 5.95. The number of carbonyl (C=O) groups is 1. The van der Waals surface area contributed by atoms with Crippen LogP contribution in [-0.2, 0) is 11.2 Å². The van der Waals surface area contributed by atoms with E-state index in [1.807, 2.05) is 18.2 Å². The minimum Gasteiger partial charge on any atom is -0.508 e. The van der Waals surface area contributed by atoms with Crippen molar-refractivity contribution in [3.63, 3.8) is 0 Å². The van der Waals surface area contributed by atoms with Gasteiger partial charge in [0.1, 0.15) is 23.2 Å². The number of allylic oxidation sites excluding steroid dienone is 3. The van der Waals surface area contributed by atoms with E-state index < -0.39 is 5.97 Å². The largest absolute Gasteiger partial charge is 0.508 e. The Bertz CT molecular complexity index is 558. The Morgan fingerprint density at radius 2 is 2.15 bits per heavy atom. The molecule has 0 aliphatic carbocycles. The number of rotatable bonds is 4. The Balaban J connectivity index is 2.13. The zero-order valence-electron chi connectivity index (χ0n) is 11.4. The normalized spacial score (nSPS) is 18.4. The molecule has 20 heavy (non-hydrogen) atoms. The maximum Gasteiger partial charge on any atom is 0.342 e. The van der Waals surface area contributed by atoms with E-state index in [0.717, 1.165) is 18.9 Å². The van der Waals surface area contributed by atoms with E-state index in [9.17, 15) is 15.0 Å². The number of unbranched alkanes of at least 4 members (excludes halogenated alkanes) is 1. The van der Waals surface area contributed by atoms with Crippen LogP contribution in [0.1, 0.15) is 35.7 Å². The number of benzene rings is 1. The number of hydrogen-bond acceptors (Lipinski definition) is 4. The van der Waals surface area contributed by atoms with Gasteiger partial charge in [0.05, 0.1) is 0 Å². The Kier molecular flexibility index (Phi) is 4.45. The standard InChI is InChI=1S/C16H18O4/c1-2-3-4-5-6-7-13-9-11-8-12(17)10-14(18)15(11)16(19)20-13/h4-8,10,13,17-18H,2-3,9H2,1H3/b5-4+,7-6+. The molecule has 1 atom stereocenters. The second-order valence-electron chi connectivity index (χ2n) is 4.75. The van der Waals surface area contributed by atoms with Gasteiger partial charge >= 0.3 is 5.97 Å². The molecule has 2 rings (SSSR count). The van der Waals surface area contributed by atoms with Crippen LogP contribution < -0.4 is 0 Å². The van der Waals surface area contributed by atoms with Gasteiger partial charge in [-0.2, -0.15) is 0 Å². The Hall–Kier alpha value is -2.23. The smallest absolute Gasteiger partial charge is 0.342 e. The summed E-state index contributed by atoms with van der Waals surface area (Å²) in [5.74, 6) is -0.854. The van der Waals surface area contributed by atoms with Gasteiger partial charge in [-0.15, -0.1) is 0 Å². The highest BCUT2D eigenvalue weighted by atomic mass is 16.5. The van der Waals surface area contributed by atoms with Gasteiger partial charge in [0.25, 0.3) is 0 Å². The van der Waals surface area contributed by atoms with Crippen molar-refractivity contribution in [3.8, 4) is 11.5 Å². The van der Waals surface area contributed by atoms with E-state index in [1.165, 1.54) is 6.07 Å². The highest BCUT2D eigenvalue weighted by Gasteiger charge is 2.28. The van der Waals surface area contributed by atoms with Gasteiger partial charge < -0.3 is 14.9 Å². The van der Waals surface area contributed by atoms with E-state index >= 15 is 0 Å². The Morgan fingerprint density at radius 3 is 2.90 bits per heavy atom. The maximum absolute atomic E-state index is 11.8. The first-order chi connectivity index (χ1) is 9.61. The lowest BCUT2D eigenvalue weighted by atomic mass is 9.97. The summed E-state index contributed by atoms with van der Waals surface area (Å²) in [4.78, 5) is 11.8. The fourth-order valence-electron chi connectivity index (χ4n) is 2.16. The predicted molar refractivity (Wildman–Crippen MR) is 75.9 cm³/mol. The molecule has 0 amide bonds. The summed E-state index contributed by atoms with van der Waals surface area (Å²) in [6.45, 7) is 2.10. The molecular weight excluding hydrogens is 256 g/mol. The van der Waals surface area contributed by atoms with Crippen LogP contribution in [0, 0.1) is 0 Å². The van der Waals surface area contributed by atoms with Crippen molar-refractivity contribution in [2.75, 3.05) is 0 Å². The molecule has 0 spiro atoms. The van der Waals surface area contributed by atoms with E-state index in [-0.39, 0.29) is 23.2 Å². The van der Waals surface area contributed by atoms with Gasteiger partial charge in [-0.25, -0.2) is 4.79 Å². The minimum absolute atomic E-state index is 0.0541. The topological polar surface area (TPSA) is 66.8 Å². The third kappa shape index (κ3) is 3.20. The predicted octanol–water partition coefficient (Wildman–Crippen LogP) is 3.09. The molecule has 2 N–H and O–H groups in total. The molecule has 106 valence electrons. The van der Waals surface area contributed by atoms with Crippen molar-refractivity contribution < 1.29 is 19.7 Å². The van der Waals surface area contributed by atoms with Gasteiger partial charge in [-0.1, -0.05) is 31.6 Å². The van der Waals surface area contributed by atoms with Gasteiger partial charge in [-0.3, -0.25) is 0 Å². The SMILES string of the molecule is CCC/C=C/C=C/C1Cc2cc(O)cc(O)c2C(=O)O1. The number of aromatic hydroxyl groups is 2. The van der Waals surface area contributed by atoms with Crippen LogP contribution in [-0.4, -0.2) is 22.3 Å². The first-order valence-corrected chi connectivity index (χ1v) is 6.71. The summed E-state index contributed by atoms with van der Waals surface area (Å²) in [6, 6.07) is 2.63. The fraction of sp³-hybridized carbons (Fsp3) is 0.312. The molecule has 1 unspecified atom stereocenters. The van der Waals surface area contributed by atoms with E-state index in [2.05, 4.69) is 6.92 Å². The number of carbonyl (C=O) groups excluding carboxylic acids is 1. The van der Waals surface area contributed by atoms with Gasteiger partial charge in [0, 0.05) is 12.5 Å². The Labute approximate surface area is 118 Å². The van der Waals surface area contributed by atoms with Crippen molar-refractivity contribution in [2.45, 2.75) is 32.3 Å². The number of esters is 1. The molecule has 0 saturated carbocycles. The highest BCUT2D eigenvalue weighted by Crippen LogP contribution is 2.32. The first kappa shape index (κ1) is 14.2. The zero-order chi connectivity index (χ0) is 14.5. The van der Waals surface area contributed by atoms with Crippen molar-refractivity contribution in [1.82, 2.24) is 0 Å². The number of hydrogen-bond donors (Lipinski definition) is 2. The molecule has 4 nitrogen and oxygen atoms in total. The lowest BCUT2D eigenvalue weighted by Crippen LogP contribution is -2.26. The third-order valence-electron chi connectivity index (χ3n) is 3.10. The maximum atomic E-state index is 11.8. The fourth-order valence-corrected chi connectivity index (χ4v) is 2.16. The monoisotopic (exact) mass is 274 g/mol. The molecule has 0 aromatic heterocycles. The summed E-state index contributed by atoms with van der Waals surface area (Å²) in [5, 5.41) is 19.2. The molecule has 0 radical (unpaired) electrons. The molecule has 1 aliphatic rings. The number of phenols is 2. The second-order valence-corrected chi connectivity index (χ2v) is 4.75. The van der Waals surface area contributed by atoms with E-state index in [0.29, 0.717) is 12.0 Å². The lowest BCUT2D eigenvalue weighted by molar-refractivity contribution is 0.0353. The van der Waals surface area contributed by atoms with Crippen LogP contribution in [0.2, 0.25) is 0 Å². The summed E-state index contributed by atoms with van der Waals surface area (Å²) < 4.78 is 5.24. The van der Waals surface area contributed by atoms with Crippen molar-refractivity contribution in [3.05, 3.63) is 47.6 Å². The van der Waals surface area contributed by atoms with Crippen molar-refractivity contribution in [2.24, 2.45) is 0 Å². The first-order valence-electron chi connectivity index (χ1n) is 6.71. The minimum atomic E-state index is -0.559. The molecule has 1 aromatic rings. The molecule has 1 aliphatic heterocycles. The molecule has 1 heterocycles. The number of cyclic esters (lactones) is 1.